The maximum Gasteiger partial charge on any atom is 0.326 e. The van der Waals surface area contributed by atoms with Crippen LogP contribution in [-0.2, 0) is 25.6 Å². The Kier molecular flexibility index (Phi) is 8.40. The number of hydrogen-bond donors (Lipinski definition) is 5. The Morgan fingerprint density at radius 1 is 1.04 bits per heavy atom. The number of hydrogen-bond acceptors (Lipinski definition) is 5. The Morgan fingerprint density at radius 2 is 1.63 bits per heavy atom. The van der Waals surface area contributed by atoms with E-state index in [1.165, 1.54) is 0 Å². The van der Waals surface area contributed by atoms with Gasteiger partial charge in [0.25, 0.3) is 0 Å². The molecule has 27 heavy (non-hydrogen) atoms. The molecule has 0 fully saturated rings. The van der Waals surface area contributed by atoms with E-state index >= 15 is 0 Å². The van der Waals surface area contributed by atoms with E-state index in [0.717, 1.165) is 5.56 Å². The van der Waals surface area contributed by atoms with Crippen molar-refractivity contribution in [3.8, 4) is 0 Å². The third-order valence-electron chi connectivity index (χ3n) is 3.90. The molecular weight excluding hydrogens is 352 g/mol. The van der Waals surface area contributed by atoms with Crippen LogP contribution < -0.4 is 22.1 Å². The van der Waals surface area contributed by atoms with E-state index in [2.05, 4.69) is 10.6 Å². The minimum atomic E-state index is -1.31. The van der Waals surface area contributed by atoms with E-state index < -0.39 is 54.2 Å². The zero-order chi connectivity index (χ0) is 20.6. The summed E-state index contributed by atoms with van der Waals surface area (Å²) in [6.07, 6.45) is -0.235. The summed E-state index contributed by atoms with van der Waals surface area (Å²) in [4.78, 5) is 47.2. The zero-order valence-corrected chi connectivity index (χ0v) is 15.3. The molecule has 1 rings (SSSR count). The second-order valence-corrected chi connectivity index (χ2v) is 6.60. The molecule has 3 amide bonds. The first-order valence-electron chi connectivity index (χ1n) is 8.53. The molecule has 0 heterocycles. The van der Waals surface area contributed by atoms with Gasteiger partial charge in [-0.3, -0.25) is 14.4 Å². The number of benzene rings is 1. The first-order valence-corrected chi connectivity index (χ1v) is 8.53. The number of aliphatic carboxylic acids is 1. The summed E-state index contributed by atoms with van der Waals surface area (Å²) >= 11 is 0. The minimum Gasteiger partial charge on any atom is -0.480 e. The van der Waals surface area contributed by atoms with Gasteiger partial charge >= 0.3 is 5.97 Å². The van der Waals surface area contributed by atoms with E-state index in [-0.39, 0.29) is 6.42 Å². The fourth-order valence-electron chi connectivity index (χ4n) is 2.42. The fraction of sp³-hybridized carbons (Fsp3) is 0.444. The Morgan fingerprint density at radius 3 is 2.11 bits per heavy atom. The van der Waals surface area contributed by atoms with Gasteiger partial charge in [-0.2, -0.15) is 0 Å². The molecule has 0 saturated heterocycles. The molecule has 0 unspecified atom stereocenters. The van der Waals surface area contributed by atoms with Gasteiger partial charge in [-0.25, -0.2) is 4.79 Å². The molecule has 9 nitrogen and oxygen atoms in total. The lowest BCUT2D eigenvalue weighted by Crippen LogP contribution is -2.56. The number of carboxylic acids is 1. The van der Waals surface area contributed by atoms with Crippen molar-refractivity contribution >= 4 is 23.7 Å². The van der Waals surface area contributed by atoms with Crippen LogP contribution in [0.25, 0.3) is 0 Å². The predicted molar refractivity (Wildman–Crippen MR) is 98.3 cm³/mol. The van der Waals surface area contributed by atoms with Crippen LogP contribution in [0.1, 0.15) is 25.8 Å². The van der Waals surface area contributed by atoms with Crippen LogP contribution >= 0.6 is 0 Å². The summed E-state index contributed by atoms with van der Waals surface area (Å²) in [7, 11) is 0. The van der Waals surface area contributed by atoms with Gasteiger partial charge in [-0.15, -0.1) is 0 Å². The molecule has 0 aromatic heterocycles. The number of nitrogens with one attached hydrogen (secondary N) is 2. The summed E-state index contributed by atoms with van der Waals surface area (Å²) in [5, 5.41) is 13.9. The van der Waals surface area contributed by atoms with E-state index in [1.807, 2.05) is 6.07 Å². The molecule has 148 valence electrons. The molecule has 0 bridgehead atoms. The van der Waals surface area contributed by atoms with E-state index in [4.69, 9.17) is 11.5 Å². The average molecular weight is 378 g/mol. The van der Waals surface area contributed by atoms with Gasteiger partial charge < -0.3 is 27.2 Å². The monoisotopic (exact) mass is 378 g/mol. The highest BCUT2D eigenvalue weighted by Gasteiger charge is 2.30. The molecule has 7 N–H and O–H groups in total. The van der Waals surface area contributed by atoms with Crippen LogP contribution in [0.5, 0.6) is 0 Å². The number of nitrogens with two attached hydrogens (primary N) is 2. The number of amides is 3. The summed E-state index contributed by atoms with van der Waals surface area (Å²) in [5.41, 5.74) is 11.8. The van der Waals surface area contributed by atoms with Crippen molar-refractivity contribution in [2.75, 3.05) is 0 Å². The lowest BCUT2D eigenvalue weighted by Gasteiger charge is -2.23. The first kappa shape index (κ1) is 22.1. The van der Waals surface area contributed by atoms with Crippen molar-refractivity contribution in [1.29, 1.82) is 0 Å². The van der Waals surface area contributed by atoms with Gasteiger partial charge in [0.15, 0.2) is 0 Å². The Balaban J connectivity index is 2.80. The van der Waals surface area contributed by atoms with Gasteiger partial charge in [0.05, 0.1) is 12.5 Å². The van der Waals surface area contributed by atoms with Crippen molar-refractivity contribution in [2.24, 2.45) is 17.4 Å². The van der Waals surface area contributed by atoms with Crippen molar-refractivity contribution in [2.45, 2.75) is 44.8 Å². The topological polar surface area (TPSA) is 165 Å². The normalized spacial score (nSPS) is 14.1. The molecule has 9 heteroatoms. The number of carbonyl (C=O) groups excluding carboxylic acids is 3. The third-order valence-corrected chi connectivity index (χ3v) is 3.90. The van der Waals surface area contributed by atoms with E-state index in [9.17, 15) is 24.3 Å². The average Bonchev–Trinajstić information content (AvgIpc) is 2.58. The summed E-state index contributed by atoms with van der Waals surface area (Å²) < 4.78 is 0. The van der Waals surface area contributed by atoms with Gasteiger partial charge in [0, 0.05) is 0 Å². The first-order chi connectivity index (χ1) is 12.6. The van der Waals surface area contributed by atoms with Crippen LogP contribution in [0.2, 0.25) is 0 Å². The molecule has 1 aromatic carbocycles. The second kappa shape index (κ2) is 10.3. The van der Waals surface area contributed by atoms with E-state index in [1.54, 1.807) is 38.1 Å². The molecule has 3 atom stereocenters. The van der Waals surface area contributed by atoms with Gasteiger partial charge in [-0.05, 0) is 17.9 Å². The molecule has 0 radical (unpaired) electrons. The molecule has 0 spiro atoms. The van der Waals surface area contributed by atoms with E-state index in [0.29, 0.717) is 0 Å². The molecule has 1 aromatic rings. The number of carboxylic acid groups (broad SMARTS) is 1. The lowest BCUT2D eigenvalue weighted by atomic mass is 10.0. The quantitative estimate of drug-likeness (QED) is 0.355. The molecule has 0 aliphatic carbocycles. The largest absolute Gasteiger partial charge is 0.480 e. The third kappa shape index (κ3) is 7.45. The van der Waals surface area contributed by atoms with Gasteiger partial charge in [0.2, 0.25) is 17.7 Å². The Hall–Kier alpha value is -2.94. The lowest BCUT2D eigenvalue weighted by molar-refractivity contribution is -0.143. The predicted octanol–water partition coefficient (Wildman–Crippen LogP) is -0.858. The summed E-state index contributed by atoms with van der Waals surface area (Å²) in [6.45, 7) is 3.24. The van der Waals surface area contributed by atoms with Crippen LogP contribution in [0.3, 0.4) is 0 Å². The van der Waals surface area contributed by atoms with Crippen LogP contribution in [0.4, 0.5) is 0 Å². The smallest absolute Gasteiger partial charge is 0.326 e. The highest BCUT2D eigenvalue weighted by Crippen LogP contribution is 2.05. The molecular formula is C18H26N4O5. The van der Waals surface area contributed by atoms with Crippen LogP contribution in [-0.4, -0.2) is 46.9 Å². The Labute approximate surface area is 157 Å². The van der Waals surface area contributed by atoms with Gasteiger partial charge in [0.1, 0.15) is 12.1 Å². The zero-order valence-electron chi connectivity index (χ0n) is 15.3. The summed E-state index contributed by atoms with van der Waals surface area (Å²) in [6, 6.07) is 5.64. The number of rotatable bonds is 10. The standard InChI is InChI=1S/C18H26N4O5/c1-10(2)15(18(26)27)22-17(25)13(9-14(20)23)21-16(24)12(19)8-11-6-4-3-5-7-11/h3-7,10,12-13,15H,8-9,19H2,1-2H3,(H2,20,23)(H,21,24)(H,22,25)(H,26,27)/t12-,13-,15-/m0/s1. The van der Waals surface area contributed by atoms with Gasteiger partial charge in [-0.1, -0.05) is 44.2 Å². The highest BCUT2D eigenvalue weighted by molar-refractivity contribution is 5.94. The summed E-state index contributed by atoms with van der Waals surface area (Å²) in [5.74, 6) is -3.88. The number of carbonyl (C=O) groups is 4. The number of primary amides is 1. The van der Waals surface area contributed by atoms with Crippen molar-refractivity contribution in [3.63, 3.8) is 0 Å². The van der Waals surface area contributed by atoms with Crippen LogP contribution in [0, 0.1) is 5.92 Å². The van der Waals surface area contributed by atoms with Crippen molar-refractivity contribution in [1.82, 2.24) is 10.6 Å². The van der Waals surface area contributed by atoms with Crippen molar-refractivity contribution < 1.29 is 24.3 Å². The second-order valence-electron chi connectivity index (χ2n) is 6.60. The maximum absolute atomic E-state index is 12.4. The molecule has 0 saturated carbocycles. The maximum atomic E-state index is 12.4. The SMILES string of the molecule is CC(C)[C@H](NC(=O)[C@H](CC(N)=O)NC(=O)[C@@H](N)Cc1ccccc1)C(=O)O. The Bertz CT molecular complexity index is 678. The minimum absolute atomic E-state index is 0.237. The fourth-order valence-corrected chi connectivity index (χ4v) is 2.42. The molecule has 0 aliphatic rings. The van der Waals surface area contributed by atoms with Crippen LogP contribution in [0.15, 0.2) is 30.3 Å². The highest BCUT2D eigenvalue weighted by atomic mass is 16.4. The van der Waals surface area contributed by atoms with Crippen molar-refractivity contribution in [3.05, 3.63) is 35.9 Å². The molecule has 0 aliphatic heterocycles.